The molecule has 26 heavy (non-hydrogen) atoms. The summed E-state index contributed by atoms with van der Waals surface area (Å²) in [4.78, 5) is 23.8. The van der Waals surface area contributed by atoms with Crippen LogP contribution in [0.15, 0.2) is 29.3 Å². The van der Waals surface area contributed by atoms with Crippen molar-refractivity contribution in [3.63, 3.8) is 0 Å². The van der Waals surface area contributed by atoms with Crippen LogP contribution in [0.4, 0.5) is 0 Å². The number of nitrogens with one attached hydrogen (secondary N) is 3. The first kappa shape index (κ1) is 16.7. The number of aromatic amines is 1. The van der Waals surface area contributed by atoms with Gasteiger partial charge in [0.05, 0.1) is 11.3 Å². The summed E-state index contributed by atoms with van der Waals surface area (Å²) < 4.78 is 0. The summed E-state index contributed by atoms with van der Waals surface area (Å²) >= 11 is 0. The van der Waals surface area contributed by atoms with Gasteiger partial charge < -0.3 is 10.3 Å². The van der Waals surface area contributed by atoms with Crippen LogP contribution in [-0.4, -0.2) is 39.2 Å². The molecule has 3 N–H and O–H groups in total. The zero-order chi connectivity index (χ0) is 18.1. The summed E-state index contributed by atoms with van der Waals surface area (Å²) in [7, 11) is 0. The van der Waals surface area contributed by atoms with Crippen molar-refractivity contribution in [3.05, 3.63) is 52.4 Å². The lowest BCUT2D eigenvalue weighted by molar-refractivity contribution is -0.116. The Labute approximate surface area is 152 Å². The number of hydrazone groups is 1. The van der Waals surface area contributed by atoms with Crippen molar-refractivity contribution in [1.29, 1.82) is 0 Å². The minimum absolute atomic E-state index is 0.220. The van der Waals surface area contributed by atoms with E-state index in [0.29, 0.717) is 23.0 Å². The fourth-order valence-electron chi connectivity index (χ4n) is 3.26. The number of carbonyl (C=O) groups excluding carboxylic acids is 1. The maximum absolute atomic E-state index is 12.3. The number of hydrogen-bond acceptors (Lipinski definition) is 5. The molecule has 2 aliphatic rings. The second-order valence-corrected chi connectivity index (χ2v) is 6.80. The number of rotatable bonds is 6. The SMILES string of the molecule is Cc1[nH]c(/C=C2/C(=O)NN=C2c2ccncn2)c(C)c1CCNC1CC1. The van der Waals surface area contributed by atoms with E-state index in [1.54, 1.807) is 12.3 Å². The Morgan fingerprint density at radius 1 is 1.35 bits per heavy atom. The van der Waals surface area contributed by atoms with Crippen LogP contribution < -0.4 is 10.7 Å². The standard InChI is InChI=1S/C19H22N6O/c1-11-14(5-8-21-13-3-4-13)12(2)23-17(11)9-15-18(24-25-19(15)26)16-6-7-20-10-22-16/h6-7,9-10,13,21,23H,3-5,8H2,1-2H3,(H,25,26)/b15-9+. The summed E-state index contributed by atoms with van der Waals surface area (Å²) in [6.07, 6.45) is 8.52. The van der Waals surface area contributed by atoms with E-state index < -0.39 is 0 Å². The number of nitrogens with zero attached hydrogens (tertiary/aromatic N) is 3. The molecule has 0 aromatic carbocycles. The Bertz CT molecular complexity index is 892. The number of amides is 1. The highest BCUT2D eigenvalue weighted by Crippen LogP contribution is 2.24. The van der Waals surface area contributed by atoms with E-state index in [2.05, 4.69) is 44.6 Å². The quantitative estimate of drug-likeness (QED) is 0.690. The summed E-state index contributed by atoms with van der Waals surface area (Å²) in [6, 6.07) is 2.46. The largest absolute Gasteiger partial charge is 0.359 e. The van der Waals surface area contributed by atoms with Crippen molar-refractivity contribution in [2.45, 2.75) is 39.2 Å². The van der Waals surface area contributed by atoms with Crippen molar-refractivity contribution in [3.8, 4) is 0 Å². The van der Waals surface area contributed by atoms with Crippen LogP contribution in [-0.2, 0) is 11.2 Å². The van der Waals surface area contributed by atoms with E-state index in [1.165, 1.54) is 30.3 Å². The third-order valence-corrected chi connectivity index (χ3v) is 4.90. The van der Waals surface area contributed by atoms with Gasteiger partial charge in [-0.2, -0.15) is 5.10 Å². The maximum Gasteiger partial charge on any atom is 0.273 e. The van der Waals surface area contributed by atoms with Crippen LogP contribution in [0.25, 0.3) is 6.08 Å². The van der Waals surface area contributed by atoms with Gasteiger partial charge in [-0.25, -0.2) is 15.4 Å². The molecule has 0 unspecified atom stereocenters. The summed E-state index contributed by atoms with van der Waals surface area (Å²) in [5.74, 6) is -0.220. The van der Waals surface area contributed by atoms with E-state index in [4.69, 9.17) is 0 Å². The van der Waals surface area contributed by atoms with Crippen molar-refractivity contribution in [1.82, 2.24) is 25.7 Å². The van der Waals surface area contributed by atoms with Gasteiger partial charge in [-0.1, -0.05) is 0 Å². The molecule has 1 saturated carbocycles. The Kier molecular flexibility index (Phi) is 4.38. The summed E-state index contributed by atoms with van der Waals surface area (Å²) in [6.45, 7) is 5.15. The van der Waals surface area contributed by atoms with Crippen LogP contribution in [0.3, 0.4) is 0 Å². The normalized spacial score (nSPS) is 18.3. The van der Waals surface area contributed by atoms with E-state index in [0.717, 1.165) is 24.4 Å². The van der Waals surface area contributed by atoms with E-state index >= 15 is 0 Å². The average Bonchev–Trinajstić information content (AvgIpc) is 3.35. The van der Waals surface area contributed by atoms with Gasteiger partial charge in [0, 0.05) is 23.6 Å². The second kappa shape index (κ2) is 6.84. The molecule has 0 atom stereocenters. The third kappa shape index (κ3) is 3.30. The van der Waals surface area contributed by atoms with Gasteiger partial charge in [0.1, 0.15) is 12.0 Å². The first-order valence-corrected chi connectivity index (χ1v) is 8.91. The number of aryl methyl sites for hydroxylation is 1. The lowest BCUT2D eigenvalue weighted by atomic mass is 10.0. The fraction of sp³-hybridized carbons (Fsp3) is 0.368. The van der Waals surface area contributed by atoms with Crippen molar-refractivity contribution in [2.75, 3.05) is 6.54 Å². The van der Waals surface area contributed by atoms with Crippen molar-refractivity contribution >= 4 is 17.7 Å². The molecule has 134 valence electrons. The highest BCUT2D eigenvalue weighted by Gasteiger charge is 2.26. The maximum atomic E-state index is 12.3. The predicted octanol–water partition coefficient (Wildman–Crippen LogP) is 1.63. The Morgan fingerprint density at radius 3 is 2.92 bits per heavy atom. The second-order valence-electron chi connectivity index (χ2n) is 6.80. The average molecular weight is 350 g/mol. The van der Waals surface area contributed by atoms with Gasteiger partial charge in [0.15, 0.2) is 0 Å². The number of carbonyl (C=O) groups is 1. The van der Waals surface area contributed by atoms with Gasteiger partial charge in [-0.3, -0.25) is 4.79 Å². The molecule has 0 saturated heterocycles. The van der Waals surface area contributed by atoms with Gasteiger partial charge >= 0.3 is 0 Å². The van der Waals surface area contributed by atoms with Gasteiger partial charge in [-0.05, 0) is 62.9 Å². The summed E-state index contributed by atoms with van der Waals surface area (Å²) in [5, 5.41) is 7.68. The highest BCUT2D eigenvalue weighted by molar-refractivity contribution is 6.32. The van der Waals surface area contributed by atoms with Crippen molar-refractivity contribution in [2.24, 2.45) is 5.10 Å². The van der Waals surface area contributed by atoms with Crippen LogP contribution in [0.1, 0.15) is 41.1 Å². The molecule has 7 heteroatoms. The minimum atomic E-state index is -0.220. The first-order valence-electron chi connectivity index (χ1n) is 8.91. The monoisotopic (exact) mass is 350 g/mol. The fourth-order valence-corrected chi connectivity index (χ4v) is 3.26. The highest BCUT2D eigenvalue weighted by atomic mass is 16.2. The Hall–Kier alpha value is -2.80. The molecule has 0 spiro atoms. The molecule has 0 bridgehead atoms. The molecule has 3 heterocycles. The molecule has 1 amide bonds. The first-order chi connectivity index (χ1) is 12.6. The Balaban J connectivity index is 1.60. The molecular weight excluding hydrogens is 328 g/mol. The molecule has 4 rings (SSSR count). The number of aromatic nitrogens is 3. The third-order valence-electron chi connectivity index (χ3n) is 4.90. The number of H-pyrrole nitrogens is 1. The zero-order valence-electron chi connectivity index (χ0n) is 15.0. The number of hydrogen-bond donors (Lipinski definition) is 3. The molecule has 2 aromatic rings. The molecule has 7 nitrogen and oxygen atoms in total. The summed E-state index contributed by atoms with van der Waals surface area (Å²) in [5.41, 5.74) is 8.78. The Morgan fingerprint density at radius 2 is 2.19 bits per heavy atom. The van der Waals surface area contributed by atoms with Crippen molar-refractivity contribution < 1.29 is 4.79 Å². The van der Waals surface area contributed by atoms with Crippen LogP contribution in [0, 0.1) is 13.8 Å². The lowest BCUT2D eigenvalue weighted by Gasteiger charge is -2.04. The molecule has 1 aliphatic heterocycles. The topological polar surface area (TPSA) is 95.1 Å². The van der Waals surface area contributed by atoms with E-state index in [-0.39, 0.29) is 5.91 Å². The predicted molar refractivity (Wildman–Crippen MR) is 99.7 cm³/mol. The smallest absolute Gasteiger partial charge is 0.273 e. The van der Waals surface area contributed by atoms with Gasteiger partial charge in [0.2, 0.25) is 0 Å². The van der Waals surface area contributed by atoms with E-state index in [9.17, 15) is 4.79 Å². The van der Waals surface area contributed by atoms with Gasteiger partial charge in [0.25, 0.3) is 5.91 Å². The molecule has 2 aromatic heterocycles. The lowest BCUT2D eigenvalue weighted by Crippen LogP contribution is -2.19. The molecule has 1 fully saturated rings. The molecule has 1 aliphatic carbocycles. The van der Waals surface area contributed by atoms with Crippen LogP contribution in [0.5, 0.6) is 0 Å². The molecular formula is C19H22N6O. The minimum Gasteiger partial charge on any atom is -0.359 e. The van der Waals surface area contributed by atoms with Gasteiger partial charge in [-0.15, -0.1) is 0 Å². The van der Waals surface area contributed by atoms with Crippen LogP contribution >= 0.6 is 0 Å². The van der Waals surface area contributed by atoms with Crippen LogP contribution in [0.2, 0.25) is 0 Å². The van der Waals surface area contributed by atoms with E-state index in [1.807, 2.05) is 6.08 Å². The zero-order valence-corrected chi connectivity index (χ0v) is 15.0. The molecule has 0 radical (unpaired) electrons.